The molecule has 26 heavy (non-hydrogen) atoms. The van der Waals surface area contributed by atoms with E-state index < -0.39 is 5.41 Å². The maximum atomic E-state index is 13.2. The summed E-state index contributed by atoms with van der Waals surface area (Å²) in [6.45, 7) is 7.73. The SMILES string of the molecule is Cc1cc(N2C(=O)C(C)(C)c3ccc(-c4cnc(C)nc4)cc32)ccn1. The number of carbonyl (C=O) groups excluding carboxylic acids is 1. The third kappa shape index (κ3) is 2.47. The summed E-state index contributed by atoms with van der Waals surface area (Å²) in [7, 11) is 0. The van der Waals surface area contributed by atoms with Gasteiger partial charge >= 0.3 is 0 Å². The molecule has 0 unspecified atom stereocenters. The molecule has 0 spiro atoms. The Labute approximate surface area is 152 Å². The van der Waals surface area contributed by atoms with Crippen molar-refractivity contribution < 1.29 is 4.79 Å². The van der Waals surface area contributed by atoms with E-state index in [2.05, 4.69) is 15.0 Å². The largest absolute Gasteiger partial charge is 0.280 e. The van der Waals surface area contributed by atoms with Crippen molar-refractivity contribution in [2.75, 3.05) is 4.90 Å². The molecule has 0 atom stereocenters. The number of aromatic nitrogens is 3. The second-order valence-electron chi connectivity index (χ2n) is 7.17. The lowest BCUT2D eigenvalue weighted by Gasteiger charge is -2.20. The van der Waals surface area contributed by atoms with Crippen LogP contribution in [0.5, 0.6) is 0 Å². The van der Waals surface area contributed by atoms with Crippen LogP contribution in [0, 0.1) is 13.8 Å². The lowest BCUT2D eigenvalue weighted by molar-refractivity contribution is -0.121. The van der Waals surface area contributed by atoms with Gasteiger partial charge in [-0.1, -0.05) is 12.1 Å². The van der Waals surface area contributed by atoms with E-state index >= 15 is 0 Å². The number of nitrogens with zero attached hydrogens (tertiary/aromatic N) is 4. The summed E-state index contributed by atoms with van der Waals surface area (Å²) in [5.41, 5.74) is 4.99. The van der Waals surface area contributed by atoms with E-state index in [0.717, 1.165) is 39.6 Å². The van der Waals surface area contributed by atoms with Crippen LogP contribution in [0.1, 0.15) is 30.9 Å². The number of hydrogen-bond acceptors (Lipinski definition) is 4. The molecular weight excluding hydrogens is 324 g/mol. The molecule has 1 aliphatic rings. The van der Waals surface area contributed by atoms with E-state index in [1.54, 1.807) is 11.1 Å². The van der Waals surface area contributed by atoms with Gasteiger partial charge in [0, 0.05) is 29.8 Å². The lowest BCUT2D eigenvalue weighted by Crippen LogP contribution is -2.33. The maximum absolute atomic E-state index is 13.2. The Balaban J connectivity index is 1.89. The predicted molar refractivity (Wildman–Crippen MR) is 101 cm³/mol. The number of pyridine rings is 1. The van der Waals surface area contributed by atoms with E-state index in [1.165, 1.54) is 0 Å². The fraction of sp³-hybridized carbons (Fsp3) is 0.238. The van der Waals surface area contributed by atoms with Gasteiger partial charge in [-0.3, -0.25) is 14.7 Å². The normalized spacial score (nSPS) is 15.2. The zero-order valence-electron chi connectivity index (χ0n) is 15.3. The zero-order valence-corrected chi connectivity index (χ0v) is 15.3. The minimum Gasteiger partial charge on any atom is -0.280 e. The van der Waals surface area contributed by atoms with Gasteiger partial charge in [0.2, 0.25) is 5.91 Å². The Hall–Kier alpha value is -3.08. The molecule has 1 aliphatic heterocycles. The lowest BCUT2D eigenvalue weighted by atomic mass is 9.85. The van der Waals surface area contributed by atoms with E-state index in [4.69, 9.17) is 0 Å². The summed E-state index contributed by atoms with van der Waals surface area (Å²) in [5, 5.41) is 0. The molecular formula is C21H20N4O. The highest BCUT2D eigenvalue weighted by molar-refractivity contribution is 6.13. The van der Waals surface area contributed by atoms with E-state index in [0.29, 0.717) is 0 Å². The molecule has 5 heteroatoms. The second kappa shape index (κ2) is 5.73. The minimum atomic E-state index is -0.575. The van der Waals surface area contributed by atoms with Crippen molar-refractivity contribution in [2.45, 2.75) is 33.1 Å². The summed E-state index contributed by atoms with van der Waals surface area (Å²) >= 11 is 0. The molecule has 0 saturated carbocycles. The van der Waals surface area contributed by atoms with Crippen LogP contribution < -0.4 is 4.90 Å². The Kier molecular flexibility index (Phi) is 3.61. The Bertz CT molecular complexity index is 1010. The van der Waals surface area contributed by atoms with Crippen molar-refractivity contribution in [3.63, 3.8) is 0 Å². The molecule has 5 nitrogen and oxygen atoms in total. The molecule has 0 aliphatic carbocycles. The van der Waals surface area contributed by atoms with Gasteiger partial charge in [0.05, 0.1) is 16.8 Å². The monoisotopic (exact) mass is 344 g/mol. The molecule has 2 aromatic heterocycles. The summed E-state index contributed by atoms with van der Waals surface area (Å²) in [6, 6.07) is 9.92. The molecule has 1 amide bonds. The molecule has 3 aromatic rings. The highest BCUT2D eigenvalue weighted by atomic mass is 16.2. The van der Waals surface area contributed by atoms with Gasteiger partial charge in [-0.25, -0.2) is 9.97 Å². The van der Waals surface area contributed by atoms with Crippen LogP contribution in [0.3, 0.4) is 0 Å². The number of amides is 1. The fourth-order valence-corrected chi connectivity index (χ4v) is 3.40. The summed E-state index contributed by atoms with van der Waals surface area (Å²) in [5.74, 6) is 0.801. The van der Waals surface area contributed by atoms with Crippen LogP contribution >= 0.6 is 0 Å². The van der Waals surface area contributed by atoms with Crippen LogP contribution in [0.25, 0.3) is 11.1 Å². The summed E-state index contributed by atoms with van der Waals surface area (Å²) < 4.78 is 0. The van der Waals surface area contributed by atoms with Gasteiger partial charge in [0.25, 0.3) is 0 Å². The van der Waals surface area contributed by atoms with Crippen molar-refractivity contribution in [2.24, 2.45) is 0 Å². The van der Waals surface area contributed by atoms with Crippen molar-refractivity contribution in [3.05, 3.63) is 66.0 Å². The first-order valence-electron chi connectivity index (χ1n) is 8.59. The van der Waals surface area contributed by atoms with Gasteiger partial charge in [0.1, 0.15) is 5.82 Å². The molecule has 0 saturated heterocycles. The van der Waals surface area contributed by atoms with E-state index in [1.807, 2.05) is 70.4 Å². The van der Waals surface area contributed by atoms with Crippen LogP contribution in [0.4, 0.5) is 11.4 Å². The van der Waals surface area contributed by atoms with Crippen molar-refractivity contribution in [1.82, 2.24) is 15.0 Å². The molecule has 3 heterocycles. The second-order valence-corrected chi connectivity index (χ2v) is 7.17. The van der Waals surface area contributed by atoms with Crippen molar-refractivity contribution in [3.8, 4) is 11.1 Å². The van der Waals surface area contributed by atoms with E-state index in [-0.39, 0.29) is 5.91 Å². The van der Waals surface area contributed by atoms with Crippen molar-refractivity contribution in [1.29, 1.82) is 0 Å². The number of carbonyl (C=O) groups is 1. The summed E-state index contributed by atoms with van der Waals surface area (Å²) in [6.07, 6.45) is 5.36. The third-order valence-corrected chi connectivity index (χ3v) is 4.90. The number of anilines is 2. The Morgan fingerprint density at radius 2 is 1.65 bits per heavy atom. The molecule has 1 aromatic carbocycles. The standard InChI is InChI=1S/C21H20N4O/c1-13-9-17(7-8-22-13)25-19-10-15(16-11-23-14(2)24-12-16)5-6-18(19)21(3,4)20(25)26/h5-12H,1-4H3. The number of benzene rings is 1. The summed E-state index contributed by atoms with van der Waals surface area (Å²) in [4.78, 5) is 27.8. The van der Waals surface area contributed by atoms with Crippen LogP contribution in [0.2, 0.25) is 0 Å². The molecule has 0 bridgehead atoms. The highest BCUT2D eigenvalue weighted by Gasteiger charge is 2.44. The number of rotatable bonds is 2. The average molecular weight is 344 g/mol. The topological polar surface area (TPSA) is 59.0 Å². The molecule has 0 N–H and O–H groups in total. The highest BCUT2D eigenvalue weighted by Crippen LogP contribution is 2.46. The zero-order chi connectivity index (χ0) is 18.5. The van der Waals surface area contributed by atoms with Crippen LogP contribution in [-0.2, 0) is 10.2 Å². The predicted octanol–water partition coefficient (Wildman–Crippen LogP) is 4.11. The Morgan fingerprint density at radius 3 is 2.35 bits per heavy atom. The molecule has 130 valence electrons. The third-order valence-electron chi connectivity index (χ3n) is 4.90. The van der Waals surface area contributed by atoms with Crippen LogP contribution in [0.15, 0.2) is 48.9 Å². The first-order chi connectivity index (χ1) is 12.4. The maximum Gasteiger partial charge on any atom is 0.241 e. The number of aryl methyl sites for hydroxylation is 2. The van der Waals surface area contributed by atoms with Crippen LogP contribution in [-0.4, -0.2) is 20.9 Å². The quantitative estimate of drug-likeness (QED) is 0.702. The number of fused-ring (bicyclic) bond motifs is 1. The van der Waals surface area contributed by atoms with Gasteiger partial charge in [-0.05, 0) is 57.0 Å². The van der Waals surface area contributed by atoms with Gasteiger partial charge in [-0.15, -0.1) is 0 Å². The Morgan fingerprint density at radius 1 is 0.923 bits per heavy atom. The van der Waals surface area contributed by atoms with Gasteiger partial charge in [-0.2, -0.15) is 0 Å². The van der Waals surface area contributed by atoms with E-state index in [9.17, 15) is 4.79 Å². The van der Waals surface area contributed by atoms with Gasteiger partial charge in [0.15, 0.2) is 0 Å². The van der Waals surface area contributed by atoms with Crippen molar-refractivity contribution >= 4 is 17.3 Å². The average Bonchev–Trinajstić information content (AvgIpc) is 2.81. The fourth-order valence-electron chi connectivity index (χ4n) is 3.40. The smallest absolute Gasteiger partial charge is 0.241 e. The first kappa shape index (κ1) is 16.4. The molecule has 0 radical (unpaired) electrons. The molecule has 4 rings (SSSR count). The minimum absolute atomic E-state index is 0.0652. The molecule has 0 fully saturated rings. The number of hydrogen-bond donors (Lipinski definition) is 0. The van der Waals surface area contributed by atoms with Gasteiger partial charge < -0.3 is 0 Å². The first-order valence-corrected chi connectivity index (χ1v) is 8.59.